The van der Waals surface area contributed by atoms with E-state index in [2.05, 4.69) is 17.0 Å². The molecule has 0 amide bonds. The molecule has 0 bridgehead atoms. The average molecular weight is 278 g/mol. The van der Waals surface area contributed by atoms with Gasteiger partial charge in [-0.25, -0.2) is 5.09 Å². The number of carbonyl (C=O) groups excluding carboxylic acids is 1. The first-order chi connectivity index (χ1) is 8.52. The van der Waals surface area contributed by atoms with E-state index in [0.717, 1.165) is 25.9 Å². The molecule has 1 aliphatic rings. The molecule has 18 heavy (non-hydrogen) atoms. The van der Waals surface area contributed by atoms with Gasteiger partial charge in [-0.15, -0.1) is 0 Å². The topological polar surface area (TPSA) is 67.9 Å². The maximum absolute atomic E-state index is 11.7. The highest BCUT2D eigenvalue weighted by Gasteiger charge is 2.21. The minimum absolute atomic E-state index is 0.0227. The zero-order valence-electron chi connectivity index (χ0n) is 11.3. The van der Waals surface area contributed by atoms with E-state index in [-0.39, 0.29) is 6.10 Å². The second-order valence-electron chi connectivity index (χ2n) is 4.53. The highest BCUT2D eigenvalue weighted by Crippen LogP contribution is 2.25. The van der Waals surface area contributed by atoms with Crippen molar-refractivity contribution in [1.82, 2.24) is 9.99 Å². The molecular weight excluding hydrogens is 255 g/mol. The van der Waals surface area contributed by atoms with Gasteiger partial charge in [0.05, 0.1) is 12.7 Å². The van der Waals surface area contributed by atoms with Crippen LogP contribution in [0.15, 0.2) is 0 Å². The number of hydrogen-bond acceptors (Lipinski definition) is 5. The van der Waals surface area contributed by atoms with Crippen molar-refractivity contribution in [2.45, 2.75) is 38.8 Å². The van der Waals surface area contributed by atoms with Crippen molar-refractivity contribution in [3.05, 3.63) is 0 Å². The standard InChI is InChI=1S/C11H23N2O4P/c1-4-16-11(14)9(2)12-18(15)17-10-5-7-13(3)8-6-10/h9-10,18H,4-8H2,1-3H3,(H,12,15). The van der Waals surface area contributed by atoms with Crippen molar-refractivity contribution in [3.63, 3.8) is 0 Å². The Hall–Kier alpha value is -0.420. The van der Waals surface area contributed by atoms with Crippen molar-refractivity contribution in [2.24, 2.45) is 0 Å². The third-order valence-electron chi connectivity index (χ3n) is 2.91. The lowest BCUT2D eigenvalue weighted by Crippen LogP contribution is -2.35. The Morgan fingerprint density at radius 1 is 1.50 bits per heavy atom. The summed E-state index contributed by atoms with van der Waals surface area (Å²) in [4.78, 5) is 13.6. The van der Waals surface area contributed by atoms with Gasteiger partial charge in [0.15, 0.2) is 0 Å². The smallest absolute Gasteiger partial charge is 0.323 e. The summed E-state index contributed by atoms with van der Waals surface area (Å²) in [5.74, 6) is -0.400. The Bertz CT molecular complexity index is 293. The maximum Gasteiger partial charge on any atom is 0.323 e. The van der Waals surface area contributed by atoms with Gasteiger partial charge in [-0.05, 0) is 33.7 Å². The fourth-order valence-corrected chi connectivity index (χ4v) is 2.87. The lowest BCUT2D eigenvalue weighted by atomic mass is 10.1. The third kappa shape index (κ3) is 5.48. The number of nitrogens with one attached hydrogen (secondary N) is 1. The summed E-state index contributed by atoms with van der Waals surface area (Å²) in [6, 6.07) is -0.595. The molecule has 6 nitrogen and oxygen atoms in total. The van der Waals surface area contributed by atoms with E-state index in [0.29, 0.717) is 6.61 Å². The molecule has 7 heteroatoms. The molecule has 0 aromatic carbocycles. The van der Waals surface area contributed by atoms with Crippen molar-refractivity contribution in [3.8, 4) is 0 Å². The normalized spacial score (nSPS) is 21.5. The number of nitrogens with zero attached hydrogens (tertiary/aromatic N) is 1. The molecule has 0 aromatic rings. The molecule has 1 N–H and O–H groups in total. The quantitative estimate of drug-likeness (QED) is 0.578. The third-order valence-corrected chi connectivity index (χ3v) is 4.13. The first kappa shape index (κ1) is 15.6. The van der Waals surface area contributed by atoms with Gasteiger partial charge >= 0.3 is 5.97 Å². The summed E-state index contributed by atoms with van der Waals surface area (Å²) in [6.07, 6.45) is 1.78. The van der Waals surface area contributed by atoms with Crippen LogP contribution in [-0.4, -0.2) is 49.8 Å². The Labute approximate surface area is 109 Å². The van der Waals surface area contributed by atoms with Crippen LogP contribution in [0.25, 0.3) is 0 Å². The van der Waals surface area contributed by atoms with Crippen LogP contribution in [0.3, 0.4) is 0 Å². The number of piperidine rings is 1. The summed E-state index contributed by atoms with van der Waals surface area (Å²) in [5, 5.41) is 2.66. The predicted molar refractivity (Wildman–Crippen MR) is 69.8 cm³/mol. The van der Waals surface area contributed by atoms with Crippen molar-refractivity contribution < 1.29 is 18.6 Å². The van der Waals surface area contributed by atoms with E-state index in [1.807, 2.05) is 0 Å². The number of rotatable bonds is 6. The van der Waals surface area contributed by atoms with Gasteiger partial charge in [0.25, 0.3) is 8.18 Å². The molecule has 1 aliphatic heterocycles. The van der Waals surface area contributed by atoms with E-state index in [9.17, 15) is 9.36 Å². The summed E-state index contributed by atoms with van der Waals surface area (Å²) < 4.78 is 22.0. The lowest BCUT2D eigenvalue weighted by Gasteiger charge is -2.28. The van der Waals surface area contributed by atoms with Gasteiger partial charge in [-0.3, -0.25) is 9.36 Å². The number of esters is 1. The van der Waals surface area contributed by atoms with Crippen molar-refractivity contribution in [1.29, 1.82) is 0 Å². The van der Waals surface area contributed by atoms with E-state index < -0.39 is 20.2 Å². The van der Waals surface area contributed by atoms with Crippen LogP contribution in [-0.2, 0) is 18.6 Å². The van der Waals surface area contributed by atoms with Gasteiger partial charge in [0.2, 0.25) is 0 Å². The van der Waals surface area contributed by atoms with Crippen LogP contribution in [0.4, 0.5) is 0 Å². The van der Waals surface area contributed by atoms with E-state index >= 15 is 0 Å². The van der Waals surface area contributed by atoms with Crippen LogP contribution < -0.4 is 5.09 Å². The Kier molecular flexibility index (Phi) is 6.86. The predicted octanol–water partition coefficient (Wildman–Crippen LogP) is 1.03. The van der Waals surface area contributed by atoms with Crippen molar-refractivity contribution >= 4 is 14.1 Å². The highest BCUT2D eigenvalue weighted by molar-refractivity contribution is 7.36. The van der Waals surface area contributed by atoms with Gasteiger partial charge < -0.3 is 14.2 Å². The molecule has 0 radical (unpaired) electrons. The fourth-order valence-electron chi connectivity index (χ4n) is 1.79. The molecule has 0 aromatic heterocycles. The number of hydrogen-bond donors (Lipinski definition) is 1. The van der Waals surface area contributed by atoms with E-state index in [1.165, 1.54) is 0 Å². The summed E-state index contributed by atoms with van der Waals surface area (Å²) in [7, 11) is -0.331. The molecule has 2 unspecified atom stereocenters. The van der Waals surface area contributed by atoms with Crippen LogP contribution >= 0.6 is 8.18 Å². The Morgan fingerprint density at radius 3 is 2.67 bits per heavy atom. The minimum atomic E-state index is -2.39. The molecule has 1 saturated heterocycles. The van der Waals surface area contributed by atoms with Crippen LogP contribution in [0.2, 0.25) is 0 Å². The van der Waals surface area contributed by atoms with Gasteiger partial charge in [-0.1, -0.05) is 0 Å². The average Bonchev–Trinajstić information content (AvgIpc) is 2.32. The molecule has 0 saturated carbocycles. The molecule has 2 atom stereocenters. The number of likely N-dealkylation sites (tertiary alicyclic amines) is 1. The van der Waals surface area contributed by atoms with E-state index in [1.54, 1.807) is 13.8 Å². The SMILES string of the molecule is CCOC(=O)C(C)N[PH](=O)OC1CCN(C)CC1. The number of carbonyl (C=O) groups is 1. The molecule has 0 spiro atoms. The Morgan fingerprint density at radius 2 is 2.11 bits per heavy atom. The Balaban J connectivity index is 2.26. The van der Waals surface area contributed by atoms with Crippen molar-refractivity contribution in [2.75, 3.05) is 26.7 Å². The lowest BCUT2D eigenvalue weighted by molar-refractivity contribution is -0.144. The van der Waals surface area contributed by atoms with Gasteiger partial charge in [0.1, 0.15) is 6.04 Å². The maximum atomic E-state index is 11.7. The van der Waals surface area contributed by atoms with Crippen LogP contribution in [0.5, 0.6) is 0 Å². The molecule has 0 aliphatic carbocycles. The molecule has 1 heterocycles. The first-order valence-electron chi connectivity index (χ1n) is 6.35. The molecule has 1 fully saturated rings. The largest absolute Gasteiger partial charge is 0.465 e. The van der Waals surface area contributed by atoms with E-state index in [4.69, 9.17) is 9.26 Å². The van der Waals surface area contributed by atoms with Crippen LogP contribution in [0, 0.1) is 0 Å². The van der Waals surface area contributed by atoms with Gasteiger partial charge in [-0.2, -0.15) is 0 Å². The summed E-state index contributed by atoms with van der Waals surface area (Å²) >= 11 is 0. The summed E-state index contributed by atoms with van der Waals surface area (Å²) in [5.41, 5.74) is 0. The zero-order valence-corrected chi connectivity index (χ0v) is 12.3. The summed E-state index contributed by atoms with van der Waals surface area (Å²) in [6.45, 7) is 5.59. The zero-order chi connectivity index (χ0) is 13.5. The molecular formula is C11H23N2O4P. The highest BCUT2D eigenvalue weighted by atomic mass is 31.1. The molecule has 1 rings (SSSR count). The second-order valence-corrected chi connectivity index (χ2v) is 5.63. The number of ether oxygens (including phenoxy) is 1. The van der Waals surface area contributed by atoms with Gasteiger partial charge in [0, 0.05) is 13.1 Å². The fraction of sp³-hybridized carbons (Fsp3) is 0.909. The monoisotopic (exact) mass is 278 g/mol. The van der Waals surface area contributed by atoms with Crippen LogP contribution in [0.1, 0.15) is 26.7 Å². The molecule has 106 valence electrons. The second kappa shape index (κ2) is 7.89. The minimum Gasteiger partial charge on any atom is -0.465 e. The first-order valence-corrected chi connectivity index (χ1v) is 7.67.